The number of fused-ring (bicyclic) bond motifs is 1. The summed E-state index contributed by atoms with van der Waals surface area (Å²) in [7, 11) is 3.37. The smallest absolute Gasteiger partial charge is 0.198 e. The fourth-order valence-electron chi connectivity index (χ4n) is 2.15. The van der Waals surface area contributed by atoms with Gasteiger partial charge in [-0.05, 0) is 30.7 Å². The van der Waals surface area contributed by atoms with Crippen molar-refractivity contribution in [2.75, 3.05) is 27.4 Å². The van der Waals surface area contributed by atoms with Crippen LogP contribution in [-0.4, -0.2) is 32.4 Å². The fraction of sp³-hybridized carbons (Fsp3) is 0.562. The molecule has 0 saturated carbocycles. The number of nitrogens with zero attached hydrogens (tertiary/aromatic N) is 1. The van der Waals surface area contributed by atoms with Gasteiger partial charge in [0.15, 0.2) is 17.2 Å². The van der Waals surface area contributed by atoms with E-state index in [4.69, 9.17) is 13.9 Å². The molecule has 0 aliphatic rings. The number of ether oxygens (including phenoxy) is 2. The molecule has 0 aliphatic heterocycles. The van der Waals surface area contributed by atoms with Gasteiger partial charge in [-0.2, -0.15) is 0 Å². The molecule has 5 heteroatoms. The molecule has 2 rings (SSSR count). The highest BCUT2D eigenvalue weighted by Gasteiger charge is 2.14. The van der Waals surface area contributed by atoms with Crippen molar-refractivity contribution >= 4 is 11.1 Å². The van der Waals surface area contributed by atoms with E-state index in [-0.39, 0.29) is 5.92 Å². The van der Waals surface area contributed by atoms with E-state index in [0.29, 0.717) is 0 Å². The highest BCUT2D eigenvalue weighted by molar-refractivity contribution is 5.80. The lowest BCUT2D eigenvalue weighted by Gasteiger charge is -2.07. The average Bonchev–Trinajstić information content (AvgIpc) is 2.90. The summed E-state index contributed by atoms with van der Waals surface area (Å²) in [6.07, 6.45) is 0.997. The molecule has 0 saturated heterocycles. The van der Waals surface area contributed by atoms with E-state index >= 15 is 0 Å². The third-order valence-electron chi connectivity index (χ3n) is 3.28. The van der Waals surface area contributed by atoms with Crippen LogP contribution in [-0.2, 0) is 11.3 Å². The molecule has 1 N–H and O–H groups in total. The van der Waals surface area contributed by atoms with Crippen LogP contribution in [0.4, 0.5) is 0 Å². The van der Waals surface area contributed by atoms with E-state index in [1.54, 1.807) is 14.2 Å². The largest absolute Gasteiger partial charge is 0.493 e. The summed E-state index contributed by atoms with van der Waals surface area (Å²) < 4.78 is 16.2. The Morgan fingerprint density at radius 2 is 2.10 bits per heavy atom. The lowest BCUT2D eigenvalue weighted by molar-refractivity contribution is 0.194. The summed E-state index contributed by atoms with van der Waals surface area (Å²) in [6.45, 7) is 6.60. The number of oxazole rings is 1. The SMILES string of the molecule is COCCCNCc1cc(OC)c2oc(C(C)C)nc2c1. The van der Waals surface area contributed by atoms with Crippen LogP contribution in [0.25, 0.3) is 11.1 Å². The Labute approximate surface area is 125 Å². The molecule has 2 aromatic rings. The first kappa shape index (κ1) is 15.8. The van der Waals surface area contributed by atoms with Crippen molar-refractivity contribution in [3.05, 3.63) is 23.6 Å². The zero-order valence-electron chi connectivity index (χ0n) is 13.2. The van der Waals surface area contributed by atoms with Crippen LogP contribution in [0.1, 0.15) is 37.6 Å². The van der Waals surface area contributed by atoms with E-state index in [0.717, 1.165) is 54.4 Å². The van der Waals surface area contributed by atoms with E-state index in [1.165, 1.54) is 0 Å². The van der Waals surface area contributed by atoms with Crippen molar-refractivity contribution in [3.63, 3.8) is 0 Å². The predicted octanol–water partition coefficient (Wildman–Crippen LogP) is 3.09. The maximum Gasteiger partial charge on any atom is 0.198 e. The summed E-state index contributed by atoms with van der Waals surface area (Å²) in [5, 5.41) is 3.39. The number of benzene rings is 1. The van der Waals surface area contributed by atoms with Crippen molar-refractivity contribution in [1.82, 2.24) is 10.3 Å². The van der Waals surface area contributed by atoms with Crippen molar-refractivity contribution in [2.45, 2.75) is 32.7 Å². The number of aromatic nitrogens is 1. The van der Waals surface area contributed by atoms with Crippen LogP contribution in [0, 0.1) is 0 Å². The lowest BCUT2D eigenvalue weighted by atomic mass is 10.2. The fourth-order valence-corrected chi connectivity index (χ4v) is 2.15. The van der Waals surface area contributed by atoms with E-state index in [1.807, 2.05) is 6.07 Å². The highest BCUT2D eigenvalue weighted by atomic mass is 16.5. The second-order valence-electron chi connectivity index (χ2n) is 5.38. The van der Waals surface area contributed by atoms with Gasteiger partial charge in [0.1, 0.15) is 5.52 Å². The average molecular weight is 292 g/mol. The first-order valence-corrected chi connectivity index (χ1v) is 7.32. The minimum absolute atomic E-state index is 0.262. The number of hydrogen-bond donors (Lipinski definition) is 1. The first-order chi connectivity index (χ1) is 10.2. The van der Waals surface area contributed by atoms with Gasteiger partial charge in [-0.25, -0.2) is 4.98 Å². The topological polar surface area (TPSA) is 56.5 Å². The van der Waals surface area contributed by atoms with E-state index in [9.17, 15) is 0 Å². The Morgan fingerprint density at radius 1 is 1.29 bits per heavy atom. The molecular formula is C16H24N2O3. The highest BCUT2D eigenvalue weighted by Crippen LogP contribution is 2.30. The first-order valence-electron chi connectivity index (χ1n) is 7.32. The Kier molecular flexibility index (Phi) is 5.59. The summed E-state index contributed by atoms with van der Waals surface area (Å²) in [6, 6.07) is 4.05. The second kappa shape index (κ2) is 7.43. The third kappa shape index (κ3) is 3.95. The third-order valence-corrected chi connectivity index (χ3v) is 3.28. The standard InChI is InChI=1S/C16H24N2O3/c1-11(2)16-18-13-8-12(10-17-6-5-7-19-3)9-14(20-4)15(13)21-16/h8-9,11,17H,5-7,10H2,1-4H3. The van der Waals surface area contributed by atoms with Crippen LogP contribution >= 0.6 is 0 Å². The Morgan fingerprint density at radius 3 is 2.76 bits per heavy atom. The zero-order chi connectivity index (χ0) is 15.2. The Bertz CT molecular complexity index is 578. The number of methoxy groups -OCH3 is 2. The van der Waals surface area contributed by atoms with Gasteiger partial charge in [0.2, 0.25) is 0 Å². The molecule has 0 aliphatic carbocycles. The summed E-state index contributed by atoms with van der Waals surface area (Å²) >= 11 is 0. The number of nitrogens with one attached hydrogen (secondary N) is 1. The normalized spacial score (nSPS) is 11.5. The molecule has 0 spiro atoms. The van der Waals surface area contributed by atoms with Gasteiger partial charge in [0.05, 0.1) is 7.11 Å². The molecule has 5 nitrogen and oxygen atoms in total. The number of hydrogen-bond acceptors (Lipinski definition) is 5. The van der Waals surface area contributed by atoms with Crippen molar-refractivity contribution in [2.24, 2.45) is 0 Å². The minimum atomic E-state index is 0.262. The minimum Gasteiger partial charge on any atom is -0.493 e. The number of rotatable bonds is 8. The van der Waals surface area contributed by atoms with E-state index in [2.05, 4.69) is 30.2 Å². The van der Waals surface area contributed by atoms with Crippen LogP contribution in [0.2, 0.25) is 0 Å². The molecule has 1 heterocycles. The van der Waals surface area contributed by atoms with Crippen LogP contribution in [0.3, 0.4) is 0 Å². The molecule has 0 amide bonds. The maximum atomic E-state index is 5.79. The van der Waals surface area contributed by atoms with Crippen LogP contribution in [0.5, 0.6) is 5.75 Å². The molecule has 21 heavy (non-hydrogen) atoms. The van der Waals surface area contributed by atoms with Gasteiger partial charge in [-0.3, -0.25) is 0 Å². The summed E-state index contributed by atoms with van der Waals surface area (Å²) in [4.78, 5) is 4.54. The monoisotopic (exact) mass is 292 g/mol. The molecular weight excluding hydrogens is 268 g/mol. The summed E-state index contributed by atoms with van der Waals surface area (Å²) in [5.74, 6) is 1.74. The molecule has 0 bridgehead atoms. The van der Waals surface area contributed by atoms with Gasteiger partial charge in [-0.15, -0.1) is 0 Å². The molecule has 0 unspecified atom stereocenters. The second-order valence-corrected chi connectivity index (χ2v) is 5.38. The van der Waals surface area contributed by atoms with Gasteiger partial charge in [0, 0.05) is 26.2 Å². The van der Waals surface area contributed by atoms with Gasteiger partial charge < -0.3 is 19.2 Å². The molecule has 116 valence electrons. The van der Waals surface area contributed by atoms with Crippen LogP contribution in [0.15, 0.2) is 16.5 Å². The molecule has 1 aromatic heterocycles. The molecule has 0 fully saturated rings. The van der Waals surface area contributed by atoms with Gasteiger partial charge in [0.25, 0.3) is 0 Å². The van der Waals surface area contributed by atoms with Gasteiger partial charge >= 0.3 is 0 Å². The van der Waals surface area contributed by atoms with Gasteiger partial charge in [-0.1, -0.05) is 13.8 Å². The van der Waals surface area contributed by atoms with Crippen molar-refractivity contribution in [1.29, 1.82) is 0 Å². The zero-order valence-corrected chi connectivity index (χ0v) is 13.2. The molecule has 0 radical (unpaired) electrons. The van der Waals surface area contributed by atoms with Crippen molar-refractivity contribution < 1.29 is 13.9 Å². The summed E-state index contributed by atoms with van der Waals surface area (Å²) in [5.41, 5.74) is 2.72. The quantitative estimate of drug-likeness (QED) is 0.758. The maximum absolute atomic E-state index is 5.79. The lowest BCUT2D eigenvalue weighted by Crippen LogP contribution is -2.16. The van der Waals surface area contributed by atoms with Crippen molar-refractivity contribution in [3.8, 4) is 5.75 Å². The molecule has 0 atom stereocenters. The van der Waals surface area contributed by atoms with E-state index < -0.39 is 0 Å². The molecule has 1 aromatic carbocycles. The predicted molar refractivity (Wildman–Crippen MR) is 82.8 cm³/mol. The Balaban J connectivity index is 2.13. The Hall–Kier alpha value is -1.59. The van der Waals surface area contributed by atoms with Crippen LogP contribution < -0.4 is 10.1 Å².